The summed E-state index contributed by atoms with van der Waals surface area (Å²) >= 11 is 1.58. The zero-order valence-corrected chi connectivity index (χ0v) is 18.1. The summed E-state index contributed by atoms with van der Waals surface area (Å²) in [7, 11) is 0. The van der Waals surface area contributed by atoms with E-state index in [0.717, 1.165) is 63.1 Å². The first kappa shape index (κ1) is 20.8. The number of nitrogens with zero attached hydrogens (tertiary/aromatic N) is 3. The molecule has 5 nitrogen and oxygen atoms in total. The number of nitrogens with one attached hydrogen (secondary N) is 1. The van der Waals surface area contributed by atoms with Gasteiger partial charge in [0, 0.05) is 36.7 Å². The maximum atomic E-state index is 13.1. The average Bonchev–Trinajstić information content (AvgIpc) is 2.92. The van der Waals surface area contributed by atoms with Gasteiger partial charge in [-0.2, -0.15) is 5.26 Å². The predicted molar refractivity (Wildman–Crippen MR) is 119 cm³/mol. The second-order valence-corrected chi connectivity index (χ2v) is 9.15. The summed E-state index contributed by atoms with van der Waals surface area (Å²) in [6.45, 7) is 5.03. The van der Waals surface area contributed by atoms with Crippen molar-refractivity contribution in [2.75, 3.05) is 36.4 Å². The molecular formula is C23H27FN4OS. The van der Waals surface area contributed by atoms with Crippen LogP contribution in [0.1, 0.15) is 42.2 Å². The largest absolute Gasteiger partial charge is 0.369 e. The van der Waals surface area contributed by atoms with Crippen molar-refractivity contribution in [2.24, 2.45) is 0 Å². The molecule has 0 spiro atoms. The topological polar surface area (TPSA) is 59.4 Å². The van der Waals surface area contributed by atoms with E-state index in [0.29, 0.717) is 10.6 Å². The zero-order valence-electron chi connectivity index (χ0n) is 17.3. The number of carbonyl (C=O) groups is 1. The van der Waals surface area contributed by atoms with E-state index < -0.39 is 0 Å². The second kappa shape index (κ2) is 9.15. The number of thiophene rings is 1. The maximum Gasteiger partial charge on any atom is 0.242 e. The van der Waals surface area contributed by atoms with Crippen LogP contribution in [0.15, 0.2) is 24.3 Å². The molecule has 0 unspecified atom stereocenters. The highest BCUT2D eigenvalue weighted by Crippen LogP contribution is 2.37. The van der Waals surface area contributed by atoms with Crippen LogP contribution in [0.4, 0.5) is 15.1 Å². The lowest BCUT2D eigenvalue weighted by Gasteiger charge is -2.38. The Kier molecular flexibility index (Phi) is 6.35. The number of rotatable bonds is 4. The number of benzene rings is 1. The van der Waals surface area contributed by atoms with E-state index in [2.05, 4.69) is 21.2 Å². The van der Waals surface area contributed by atoms with Gasteiger partial charge in [-0.15, -0.1) is 11.3 Å². The van der Waals surface area contributed by atoms with E-state index in [1.54, 1.807) is 23.5 Å². The Morgan fingerprint density at radius 1 is 1.13 bits per heavy atom. The van der Waals surface area contributed by atoms with Crippen molar-refractivity contribution in [1.29, 1.82) is 5.26 Å². The molecule has 1 amide bonds. The molecule has 1 N–H and O–H groups in total. The Bertz CT molecular complexity index is 941. The highest BCUT2D eigenvalue weighted by Gasteiger charge is 2.28. The van der Waals surface area contributed by atoms with Crippen molar-refractivity contribution in [3.8, 4) is 6.07 Å². The monoisotopic (exact) mass is 426 g/mol. The van der Waals surface area contributed by atoms with Crippen molar-refractivity contribution >= 4 is 27.9 Å². The SMILES string of the molecule is C[C@H](C(=O)Nc1sc2c(c1C#N)CCCCC2)N1CCN(c2ccc(F)cc2)CC1. The molecule has 1 atom stereocenters. The molecule has 0 bridgehead atoms. The molecule has 158 valence electrons. The van der Waals surface area contributed by atoms with E-state index in [1.165, 1.54) is 23.4 Å². The van der Waals surface area contributed by atoms with Gasteiger partial charge < -0.3 is 10.2 Å². The van der Waals surface area contributed by atoms with Crippen LogP contribution in [0.3, 0.4) is 0 Å². The number of fused-ring (bicyclic) bond motifs is 1. The molecule has 1 aliphatic carbocycles. The maximum absolute atomic E-state index is 13.1. The minimum absolute atomic E-state index is 0.0573. The smallest absolute Gasteiger partial charge is 0.242 e. The Hall–Kier alpha value is -2.43. The molecule has 0 saturated carbocycles. The van der Waals surface area contributed by atoms with Gasteiger partial charge in [0.1, 0.15) is 16.9 Å². The molecule has 0 radical (unpaired) electrons. The minimum Gasteiger partial charge on any atom is -0.369 e. The third-order valence-corrected chi connectivity index (χ3v) is 7.41. The summed E-state index contributed by atoms with van der Waals surface area (Å²) < 4.78 is 13.1. The van der Waals surface area contributed by atoms with E-state index in [9.17, 15) is 14.4 Å². The molecule has 1 aliphatic heterocycles. The fourth-order valence-corrected chi connectivity index (χ4v) is 5.59. The number of nitriles is 1. The van der Waals surface area contributed by atoms with Gasteiger partial charge in [0.2, 0.25) is 5.91 Å². The summed E-state index contributed by atoms with van der Waals surface area (Å²) in [6.07, 6.45) is 5.41. The van der Waals surface area contributed by atoms with Gasteiger partial charge in [0.15, 0.2) is 0 Å². The molecule has 2 aliphatic rings. The van der Waals surface area contributed by atoms with E-state index in [1.807, 2.05) is 6.92 Å². The first-order valence-corrected chi connectivity index (χ1v) is 11.5. The van der Waals surface area contributed by atoms with Crippen LogP contribution in [0.25, 0.3) is 0 Å². The van der Waals surface area contributed by atoms with Crippen molar-refractivity contribution in [1.82, 2.24) is 4.90 Å². The van der Waals surface area contributed by atoms with E-state index in [4.69, 9.17) is 0 Å². The zero-order chi connectivity index (χ0) is 21.1. The van der Waals surface area contributed by atoms with Gasteiger partial charge >= 0.3 is 0 Å². The number of anilines is 2. The standard InChI is InChI=1S/C23H27FN4OS/c1-16(27-11-13-28(14-12-27)18-9-7-17(24)8-10-18)22(29)26-23-20(15-25)19-5-3-2-4-6-21(19)30-23/h7-10,16H,2-6,11-14H2,1H3,(H,26,29)/t16-/m1/s1. The lowest BCUT2D eigenvalue weighted by atomic mass is 10.1. The third kappa shape index (κ3) is 4.35. The van der Waals surface area contributed by atoms with Crippen LogP contribution in [-0.4, -0.2) is 43.0 Å². The Balaban J connectivity index is 1.38. The number of hydrogen-bond donors (Lipinski definition) is 1. The van der Waals surface area contributed by atoms with Gasteiger partial charge in [-0.25, -0.2) is 4.39 Å². The number of halogens is 1. The fraction of sp³-hybridized carbons (Fsp3) is 0.478. The highest BCUT2D eigenvalue weighted by atomic mass is 32.1. The predicted octanol–water partition coefficient (Wildman–Crippen LogP) is 4.18. The number of amides is 1. The summed E-state index contributed by atoms with van der Waals surface area (Å²) in [5.74, 6) is -0.288. The number of carbonyl (C=O) groups excluding carboxylic acids is 1. The van der Waals surface area contributed by atoms with E-state index >= 15 is 0 Å². The quantitative estimate of drug-likeness (QED) is 0.746. The lowest BCUT2D eigenvalue weighted by molar-refractivity contribution is -0.120. The second-order valence-electron chi connectivity index (χ2n) is 8.05. The van der Waals surface area contributed by atoms with Crippen molar-refractivity contribution < 1.29 is 9.18 Å². The average molecular weight is 427 g/mol. The highest BCUT2D eigenvalue weighted by molar-refractivity contribution is 7.16. The van der Waals surface area contributed by atoms with Crippen LogP contribution >= 0.6 is 11.3 Å². The van der Waals surface area contributed by atoms with Gasteiger partial charge in [-0.05, 0) is 62.4 Å². The first-order valence-electron chi connectivity index (χ1n) is 10.7. The first-order chi connectivity index (χ1) is 14.6. The Morgan fingerprint density at radius 2 is 1.83 bits per heavy atom. The molecular weight excluding hydrogens is 399 g/mol. The molecule has 4 rings (SSSR count). The summed E-state index contributed by atoms with van der Waals surface area (Å²) in [4.78, 5) is 18.6. The molecule has 1 fully saturated rings. The minimum atomic E-state index is -0.270. The van der Waals surface area contributed by atoms with Gasteiger partial charge in [0.05, 0.1) is 11.6 Å². The van der Waals surface area contributed by atoms with Crippen molar-refractivity contribution in [3.63, 3.8) is 0 Å². The van der Waals surface area contributed by atoms with Crippen LogP contribution in [0.2, 0.25) is 0 Å². The van der Waals surface area contributed by atoms with Crippen LogP contribution < -0.4 is 10.2 Å². The summed E-state index contributed by atoms with van der Waals surface area (Å²) in [5.41, 5.74) is 2.82. The Labute approximate surface area is 181 Å². The van der Waals surface area contributed by atoms with Gasteiger partial charge in [0.25, 0.3) is 0 Å². The fourth-order valence-electron chi connectivity index (χ4n) is 4.35. The van der Waals surface area contributed by atoms with Crippen LogP contribution in [-0.2, 0) is 17.6 Å². The molecule has 1 saturated heterocycles. The van der Waals surface area contributed by atoms with Gasteiger partial charge in [-0.3, -0.25) is 9.69 Å². The number of piperazine rings is 1. The third-order valence-electron chi connectivity index (χ3n) is 6.20. The molecule has 1 aromatic heterocycles. The Morgan fingerprint density at radius 3 is 2.53 bits per heavy atom. The molecule has 7 heteroatoms. The van der Waals surface area contributed by atoms with Crippen molar-refractivity contribution in [3.05, 3.63) is 46.1 Å². The molecule has 30 heavy (non-hydrogen) atoms. The molecule has 1 aromatic carbocycles. The molecule has 2 heterocycles. The van der Waals surface area contributed by atoms with E-state index in [-0.39, 0.29) is 17.8 Å². The summed E-state index contributed by atoms with van der Waals surface area (Å²) in [5, 5.41) is 13.4. The molecule has 2 aromatic rings. The van der Waals surface area contributed by atoms with Crippen molar-refractivity contribution in [2.45, 2.75) is 45.1 Å². The van der Waals surface area contributed by atoms with Crippen LogP contribution in [0, 0.1) is 17.1 Å². The van der Waals surface area contributed by atoms with Crippen LogP contribution in [0.5, 0.6) is 0 Å². The summed E-state index contributed by atoms with van der Waals surface area (Å²) in [6, 6.07) is 8.61. The normalized spacial score (nSPS) is 18.2. The lowest BCUT2D eigenvalue weighted by Crippen LogP contribution is -2.52. The van der Waals surface area contributed by atoms with Gasteiger partial charge in [-0.1, -0.05) is 6.42 Å². The number of hydrogen-bond acceptors (Lipinski definition) is 5. The number of aryl methyl sites for hydroxylation is 1.